The monoisotopic (exact) mass is 374 g/mol. The molecule has 0 aromatic heterocycles. The Labute approximate surface area is 168 Å². The van der Waals surface area contributed by atoms with Crippen LogP contribution in [0, 0.1) is 6.92 Å². The summed E-state index contributed by atoms with van der Waals surface area (Å²) in [6, 6.07) is 11.0. The van der Waals surface area contributed by atoms with Crippen LogP contribution in [0.1, 0.15) is 64.8 Å². The number of unbranched alkanes of at least 4 members (excludes halogenated alkanes) is 1. The molecule has 3 nitrogen and oxygen atoms in total. The first kappa shape index (κ1) is 20.1. The van der Waals surface area contributed by atoms with Gasteiger partial charge in [0.25, 0.3) is 0 Å². The second-order valence-corrected chi connectivity index (χ2v) is 7.58. The van der Waals surface area contributed by atoms with E-state index in [-0.39, 0.29) is 11.8 Å². The van der Waals surface area contributed by atoms with Gasteiger partial charge in [0.05, 0.1) is 6.34 Å². The molecule has 1 unspecified atom stereocenters. The fourth-order valence-corrected chi connectivity index (χ4v) is 4.03. The Kier molecular flexibility index (Phi) is 6.45. The van der Waals surface area contributed by atoms with Crippen molar-refractivity contribution in [2.45, 2.75) is 52.0 Å². The van der Waals surface area contributed by atoms with Crippen LogP contribution in [0.2, 0.25) is 0 Å². The van der Waals surface area contributed by atoms with Crippen molar-refractivity contribution in [2.24, 2.45) is 4.99 Å². The number of nitrogens with one attached hydrogen (secondary N) is 1. The number of ketones is 1. The molecule has 0 radical (unpaired) electrons. The summed E-state index contributed by atoms with van der Waals surface area (Å²) in [4.78, 5) is 16.4. The third-order valence-electron chi connectivity index (χ3n) is 5.64. The van der Waals surface area contributed by atoms with Crippen LogP contribution in [-0.4, -0.2) is 19.2 Å². The third-order valence-corrected chi connectivity index (χ3v) is 5.64. The van der Waals surface area contributed by atoms with Crippen LogP contribution >= 0.6 is 0 Å². The topological polar surface area (TPSA) is 41.5 Å². The first-order valence-corrected chi connectivity index (χ1v) is 10.1. The molecule has 0 saturated carbocycles. The number of hydrogen-bond acceptors (Lipinski definition) is 2. The molecule has 0 spiro atoms. The largest absolute Gasteiger partial charge is 0.370 e. The number of carbonyl (C=O) groups is 1. The average molecular weight is 375 g/mol. The molecule has 0 saturated heterocycles. The summed E-state index contributed by atoms with van der Waals surface area (Å²) >= 11 is 0. The zero-order valence-electron chi connectivity index (χ0n) is 17.2. The van der Waals surface area contributed by atoms with Crippen molar-refractivity contribution in [1.29, 1.82) is 0 Å². The molecule has 0 fully saturated rings. The van der Waals surface area contributed by atoms with Crippen molar-refractivity contribution in [2.75, 3.05) is 7.05 Å². The molecular weight excluding hydrogens is 344 g/mol. The lowest BCUT2D eigenvalue weighted by Gasteiger charge is -2.19. The summed E-state index contributed by atoms with van der Waals surface area (Å²) < 4.78 is 0. The second kappa shape index (κ2) is 9.01. The first-order chi connectivity index (χ1) is 13.6. The van der Waals surface area contributed by atoms with Gasteiger partial charge in [-0.05, 0) is 79.0 Å². The van der Waals surface area contributed by atoms with E-state index in [2.05, 4.69) is 55.0 Å². The lowest BCUT2D eigenvalue weighted by atomic mass is 9.86. The van der Waals surface area contributed by atoms with Crippen LogP contribution in [0.4, 0.5) is 0 Å². The van der Waals surface area contributed by atoms with Crippen LogP contribution < -0.4 is 5.32 Å². The lowest BCUT2D eigenvalue weighted by Crippen LogP contribution is -2.16. The van der Waals surface area contributed by atoms with E-state index in [9.17, 15) is 4.79 Å². The van der Waals surface area contributed by atoms with Gasteiger partial charge < -0.3 is 5.32 Å². The third kappa shape index (κ3) is 4.09. The van der Waals surface area contributed by atoms with E-state index < -0.39 is 0 Å². The molecule has 28 heavy (non-hydrogen) atoms. The Bertz CT molecular complexity index is 911. The summed E-state index contributed by atoms with van der Waals surface area (Å²) in [5.74, 6) is 0.275. The van der Waals surface area contributed by atoms with Gasteiger partial charge in [-0.2, -0.15) is 0 Å². The summed E-state index contributed by atoms with van der Waals surface area (Å²) in [6.45, 7) is 8.15. The van der Waals surface area contributed by atoms with Gasteiger partial charge in [0, 0.05) is 25.1 Å². The average Bonchev–Trinajstić information content (AvgIpc) is 3.07. The number of nitrogens with zero attached hydrogens (tertiary/aromatic N) is 1. The Hall–Kier alpha value is -2.68. The summed E-state index contributed by atoms with van der Waals surface area (Å²) in [7, 11) is 1.76. The number of fused-ring (bicyclic) bond motifs is 1. The smallest absolute Gasteiger partial charge is 0.163 e. The normalized spacial score (nSPS) is 14.3. The SMILES string of the molecule is C=CCCCc1ccc2c(c1-c1cc(C(C)NC=NC)ccc1C)CCC2=O. The minimum atomic E-state index is 0.172. The Morgan fingerprint density at radius 2 is 2.04 bits per heavy atom. The van der Waals surface area contributed by atoms with Crippen LogP contribution in [0.3, 0.4) is 0 Å². The molecule has 0 aliphatic heterocycles. The lowest BCUT2D eigenvalue weighted by molar-refractivity contribution is 0.0994. The van der Waals surface area contributed by atoms with Crippen molar-refractivity contribution in [3.05, 3.63) is 70.8 Å². The summed E-state index contributed by atoms with van der Waals surface area (Å²) in [5.41, 5.74) is 8.49. The number of aryl methyl sites for hydroxylation is 2. The molecule has 3 heteroatoms. The Morgan fingerprint density at radius 1 is 1.21 bits per heavy atom. The van der Waals surface area contributed by atoms with Crippen LogP contribution in [0.5, 0.6) is 0 Å². The van der Waals surface area contributed by atoms with Gasteiger partial charge in [0.1, 0.15) is 0 Å². The summed E-state index contributed by atoms with van der Waals surface area (Å²) in [6.07, 6.45) is 8.27. The molecule has 2 aromatic rings. The number of benzene rings is 2. The molecule has 2 aromatic carbocycles. The van der Waals surface area contributed by atoms with Crippen LogP contribution in [0.15, 0.2) is 48.0 Å². The molecule has 1 aliphatic rings. The predicted molar refractivity (Wildman–Crippen MR) is 118 cm³/mol. The summed E-state index contributed by atoms with van der Waals surface area (Å²) in [5, 5.41) is 3.31. The van der Waals surface area contributed by atoms with Crippen LogP contribution in [-0.2, 0) is 12.8 Å². The number of hydrogen-bond donors (Lipinski definition) is 1. The quantitative estimate of drug-likeness (QED) is 0.282. The van der Waals surface area contributed by atoms with E-state index in [1.54, 1.807) is 13.4 Å². The van der Waals surface area contributed by atoms with E-state index >= 15 is 0 Å². The van der Waals surface area contributed by atoms with E-state index in [0.29, 0.717) is 6.42 Å². The molecule has 0 amide bonds. The van der Waals surface area contributed by atoms with Gasteiger partial charge in [0.15, 0.2) is 5.78 Å². The highest BCUT2D eigenvalue weighted by atomic mass is 16.1. The highest BCUT2D eigenvalue weighted by Crippen LogP contribution is 2.38. The fraction of sp³-hybridized carbons (Fsp3) is 0.360. The highest BCUT2D eigenvalue weighted by molar-refractivity contribution is 6.03. The number of Topliss-reactive ketones (excluding diaryl/α,β-unsaturated/α-hetero) is 1. The van der Waals surface area contributed by atoms with Gasteiger partial charge in [-0.3, -0.25) is 9.79 Å². The van der Waals surface area contributed by atoms with Crippen molar-refractivity contribution in [1.82, 2.24) is 5.32 Å². The van der Waals surface area contributed by atoms with Gasteiger partial charge >= 0.3 is 0 Å². The minimum Gasteiger partial charge on any atom is -0.370 e. The maximum Gasteiger partial charge on any atom is 0.163 e. The van der Waals surface area contributed by atoms with Gasteiger partial charge in [-0.25, -0.2) is 0 Å². The second-order valence-electron chi connectivity index (χ2n) is 7.58. The van der Waals surface area contributed by atoms with E-state index in [1.807, 2.05) is 12.1 Å². The minimum absolute atomic E-state index is 0.172. The molecule has 3 rings (SSSR count). The van der Waals surface area contributed by atoms with Crippen molar-refractivity contribution in [3.63, 3.8) is 0 Å². The van der Waals surface area contributed by atoms with Crippen molar-refractivity contribution >= 4 is 12.1 Å². The molecule has 146 valence electrons. The number of allylic oxidation sites excluding steroid dienone is 1. The fourth-order valence-electron chi connectivity index (χ4n) is 4.03. The van der Waals surface area contributed by atoms with Gasteiger partial charge in [-0.1, -0.05) is 30.3 Å². The number of rotatable bonds is 8. The maximum atomic E-state index is 12.4. The number of carbonyl (C=O) groups excluding carboxylic acids is 1. The van der Waals surface area contributed by atoms with Crippen molar-refractivity contribution < 1.29 is 4.79 Å². The molecule has 1 atom stereocenters. The zero-order chi connectivity index (χ0) is 20.1. The zero-order valence-corrected chi connectivity index (χ0v) is 17.2. The first-order valence-electron chi connectivity index (χ1n) is 10.1. The highest BCUT2D eigenvalue weighted by Gasteiger charge is 2.25. The molecule has 0 heterocycles. The van der Waals surface area contributed by atoms with Gasteiger partial charge in [-0.15, -0.1) is 6.58 Å². The Balaban J connectivity index is 2.11. The predicted octanol–water partition coefficient (Wildman–Crippen LogP) is 5.61. The van der Waals surface area contributed by atoms with Crippen molar-refractivity contribution in [3.8, 4) is 11.1 Å². The van der Waals surface area contributed by atoms with Gasteiger partial charge in [0.2, 0.25) is 0 Å². The standard InChI is InChI=1S/C25H30N2O/c1-5-6-7-8-19-11-12-21-22(13-14-24(21)28)25(19)23-15-20(10-9-17(23)2)18(3)27-16-26-4/h5,9-12,15-16,18H,1,6-8,13-14H2,2-4H3,(H,26,27). The number of aliphatic imine (C=N–C) groups is 1. The Morgan fingerprint density at radius 3 is 2.79 bits per heavy atom. The van der Waals surface area contributed by atoms with E-state index in [0.717, 1.165) is 31.2 Å². The van der Waals surface area contributed by atoms with Crippen LogP contribution in [0.25, 0.3) is 11.1 Å². The molecule has 1 aliphatic carbocycles. The molecule has 0 bridgehead atoms. The van der Waals surface area contributed by atoms with E-state index in [4.69, 9.17) is 0 Å². The molecular formula is C25H30N2O. The molecule has 1 N–H and O–H groups in total. The van der Waals surface area contributed by atoms with E-state index in [1.165, 1.54) is 33.4 Å². The maximum absolute atomic E-state index is 12.4.